The topological polar surface area (TPSA) is 97.3 Å². The lowest BCUT2D eigenvalue weighted by atomic mass is 9.71. The molecule has 1 aliphatic rings. The molecule has 190 valence electrons. The number of benzene rings is 3. The molecule has 5 rings (SSSR count). The number of carbonyl (C=O) groups excluding carboxylic acids is 2. The number of halogens is 1. The Morgan fingerprint density at radius 1 is 0.946 bits per heavy atom. The number of fused-ring (bicyclic) bond motifs is 1. The largest absolute Gasteiger partial charge is 0.341 e. The first-order valence-corrected chi connectivity index (χ1v) is 13.7. The van der Waals surface area contributed by atoms with Gasteiger partial charge in [-0.25, -0.2) is 12.8 Å². The van der Waals surface area contributed by atoms with Gasteiger partial charge in [-0.1, -0.05) is 30.3 Å². The standard InChI is InChI=1S/C28H26FN3O4S/c1-32-23-7-4-3-6-18(23)17-24(32)27(34)31-28(14-5-15-28)20-9-11-21(12-10-20)30-26(33)19-8-13-25(22(29)16-19)37(2,35)36/h3-4,6-13,16-17H,5,14-15H2,1-2H3,(H,30,33)(H,31,34). The van der Waals surface area contributed by atoms with Gasteiger partial charge in [-0.05, 0) is 67.3 Å². The number of aryl methyl sites for hydroxylation is 1. The molecule has 0 aliphatic heterocycles. The zero-order valence-electron chi connectivity index (χ0n) is 20.4. The van der Waals surface area contributed by atoms with Gasteiger partial charge < -0.3 is 15.2 Å². The Morgan fingerprint density at radius 3 is 2.24 bits per heavy atom. The summed E-state index contributed by atoms with van der Waals surface area (Å²) in [5, 5.41) is 6.94. The first kappa shape index (κ1) is 24.7. The molecular weight excluding hydrogens is 493 g/mol. The predicted octanol–water partition coefficient (Wildman–Crippen LogP) is 4.78. The number of nitrogens with zero attached hydrogens (tertiary/aromatic N) is 1. The van der Waals surface area contributed by atoms with E-state index >= 15 is 0 Å². The first-order valence-electron chi connectivity index (χ1n) is 11.9. The number of sulfone groups is 1. The average molecular weight is 520 g/mol. The summed E-state index contributed by atoms with van der Waals surface area (Å²) in [6.45, 7) is 0. The van der Waals surface area contributed by atoms with Crippen molar-refractivity contribution in [2.45, 2.75) is 29.7 Å². The highest BCUT2D eigenvalue weighted by Crippen LogP contribution is 2.42. The van der Waals surface area contributed by atoms with Crippen LogP contribution < -0.4 is 10.6 Å². The van der Waals surface area contributed by atoms with E-state index in [0.717, 1.165) is 54.1 Å². The summed E-state index contributed by atoms with van der Waals surface area (Å²) in [4.78, 5) is 25.4. The zero-order chi connectivity index (χ0) is 26.4. The van der Waals surface area contributed by atoms with Crippen LogP contribution in [0.5, 0.6) is 0 Å². The lowest BCUT2D eigenvalue weighted by Gasteiger charge is -2.43. The smallest absolute Gasteiger partial charge is 0.268 e. The molecule has 1 aromatic heterocycles. The second kappa shape index (κ2) is 9.15. The van der Waals surface area contributed by atoms with Gasteiger partial charge in [-0.3, -0.25) is 9.59 Å². The van der Waals surface area contributed by atoms with Crippen LogP contribution in [0.3, 0.4) is 0 Å². The van der Waals surface area contributed by atoms with Gasteiger partial charge in [-0.2, -0.15) is 0 Å². The normalized spacial score (nSPS) is 14.7. The molecule has 1 aliphatic carbocycles. The number of aromatic nitrogens is 1. The quantitative estimate of drug-likeness (QED) is 0.383. The summed E-state index contributed by atoms with van der Waals surface area (Å²) >= 11 is 0. The first-order chi connectivity index (χ1) is 17.6. The molecule has 0 radical (unpaired) electrons. The van der Waals surface area contributed by atoms with Gasteiger partial charge in [0, 0.05) is 35.5 Å². The molecule has 37 heavy (non-hydrogen) atoms. The second-order valence-electron chi connectivity index (χ2n) is 9.49. The van der Waals surface area contributed by atoms with E-state index in [1.54, 1.807) is 12.1 Å². The molecule has 3 aromatic carbocycles. The third-order valence-corrected chi connectivity index (χ3v) is 8.16. The maximum Gasteiger partial charge on any atom is 0.268 e. The van der Waals surface area contributed by atoms with Crippen LogP contribution in [-0.4, -0.2) is 31.1 Å². The minimum atomic E-state index is -3.72. The molecule has 9 heteroatoms. The Kier molecular flexibility index (Phi) is 6.11. The maximum absolute atomic E-state index is 14.2. The van der Waals surface area contributed by atoms with Gasteiger partial charge in [0.2, 0.25) is 0 Å². The van der Waals surface area contributed by atoms with Crippen molar-refractivity contribution in [2.24, 2.45) is 7.05 Å². The van der Waals surface area contributed by atoms with Crippen LogP contribution in [0, 0.1) is 5.82 Å². The maximum atomic E-state index is 14.2. The number of hydrogen-bond donors (Lipinski definition) is 2. The van der Waals surface area contributed by atoms with E-state index in [4.69, 9.17) is 0 Å². The van der Waals surface area contributed by atoms with Gasteiger partial charge in [0.1, 0.15) is 16.4 Å². The molecule has 7 nitrogen and oxygen atoms in total. The summed E-state index contributed by atoms with van der Waals surface area (Å²) in [5.41, 5.74) is 2.53. The van der Waals surface area contributed by atoms with Crippen molar-refractivity contribution in [1.29, 1.82) is 0 Å². The van der Waals surface area contributed by atoms with Crippen LogP contribution in [0.4, 0.5) is 10.1 Å². The molecule has 1 saturated carbocycles. The van der Waals surface area contributed by atoms with Gasteiger partial charge in [0.15, 0.2) is 9.84 Å². The van der Waals surface area contributed by atoms with Crippen LogP contribution in [0.15, 0.2) is 77.7 Å². The van der Waals surface area contributed by atoms with E-state index in [1.807, 2.05) is 54.1 Å². The highest BCUT2D eigenvalue weighted by molar-refractivity contribution is 7.90. The molecule has 1 fully saturated rings. The number of rotatable bonds is 6. The van der Waals surface area contributed by atoms with Crippen LogP contribution in [-0.2, 0) is 22.4 Å². The number of para-hydroxylation sites is 1. The fourth-order valence-corrected chi connectivity index (χ4v) is 5.55. The lowest BCUT2D eigenvalue weighted by molar-refractivity contribution is 0.0815. The average Bonchev–Trinajstić information content (AvgIpc) is 3.18. The van der Waals surface area contributed by atoms with Crippen molar-refractivity contribution >= 4 is 38.2 Å². The summed E-state index contributed by atoms with van der Waals surface area (Å²) in [6, 6.07) is 20.2. The SMILES string of the molecule is Cn1c(C(=O)NC2(c3ccc(NC(=O)c4ccc(S(C)(=O)=O)c(F)c4)cc3)CCC2)cc2ccccc21. The van der Waals surface area contributed by atoms with Crippen molar-refractivity contribution in [3.8, 4) is 0 Å². The lowest BCUT2D eigenvalue weighted by Crippen LogP contribution is -2.51. The van der Waals surface area contributed by atoms with Gasteiger partial charge >= 0.3 is 0 Å². The molecule has 4 aromatic rings. The zero-order valence-corrected chi connectivity index (χ0v) is 21.2. The van der Waals surface area contributed by atoms with E-state index in [-0.39, 0.29) is 11.5 Å². The van der Waals surface area contributed by atoms with E-state index in [9.17, 15) is 22.4 Å². The Labute approximate surface area is 214 Å². The molecule has 1 heterocycles. The Bertz CT molecular complexity index is 1640. The highest BCUT2D eigenvalue weighted by Gasteiger charge is 2.40. The molecule has 2 N–H and O–H groups in total. The van der Waals surface area contributed by atoms with E-state index in [1.165, 1.54) is 6.07 Å². The molecule has 2 amide bonds. The summed E-state index contributed by atoms with van der Waals surface area (Å²) in [7, 11) is -1.85. The molecule has 0 saturated heterocycles. The Balaban J connectivity index is 1.31. The number of nitrogens with one attached hydrogen (secondary N) is 2. The fraction of sp³-hybridized carbons (Fsp3) is 0.214. The third kappa shape index (κ3) is 4.62. The van der Waals surface area contributed by atoms with Crippen LogP contribution in [0.2, 0.25) is 0 Å². The van der Waals surface area contributed by atoms with Crippen molar-refractivity contribution in [3.63, 3.8) is 0 Å². The predicted molar refractivity (Wildman–Crippen MR) is 140 cm³/mol. The van der Waals surface area contributed by atoms with Crippen LogP contribution >= 0.6 is 0 Å². The number of anilines is 1. The minimum absolute atomic E-state index is 0.00616. The van der Waals surface area contributed by atoms with Gasteiger partial charge in [-0.15, -0.1) is 0 Å². The van der Waals surface area contributed by atoms with E-state index in [2.05, 4.69) is 10.6 Å². The third-order valence-electron chi connectivity index (χ3n) is 7.03. The number of amides is 2. The summed E-state index contributed by atoms with van der Waals surface area (Å²) in [5.74, 6) is -1.68. The van der Waals surface area contributed by atoms with Crippen molar-refractivity contribution in [1.82, 2.24) is 9.88 Å². The molecule has 0 bridgehead atoms. The molecule has 0 spiro atoms. The van der Waals surface area contributed by atoms with Crippen LogP contribution in [0.25, 0.3) is 10.9 Å². The highest BCUT2D eigenvalue weighted by atomic mass is 32.2. The van der Waals surface area contributed by atoms with Gasteiger partial charge in [0.25, 0.3) is 11.8 Å². The summed E-state index contributed by atoms with van der Waals surface area (Å²) < 4.78 is 39.3. The Hall–Kier alpha value is -3.98. The Morgan fingerprint density at radius 2 is 1.65 bits per heavy atom. The fourth-order valence-electron chi connectivity index (χ4n) is 4.82. The van der Waals surface area contributed by atoms with E-state index in [0.29, 0.717) is 11.4 Å². The summed E-state index contributed by atoms with van der Waals surface area (Å²) in [6.07, 6.45) is 3.51. The monoisotopic (exact) mass is 519 g/mol. The molecule has 0 atom stereocenters. The number of hydrogen-bond acceptors (Lipinski definition) is 4. The molecular formula is C28H26FN3O4S. The van der Waals surface area contributed by atoms with Crippen molar-refractivity contribution < 1.29 is 22.4 Å². The second-order valence-corrected chi connectivity index (χ2v) is 11.5. The minimum Gasteiger partial charge on any atom is -0.341 e. The van der Waals surface area contributed by atoms with Crippen molar-refractivity contribution in [2.75, 3.05) is 11.6 Å². The van der Waals surface area contributed by atoms with Gasteiger partial charge in [0.05, 0.1) is 5.54 Å². The van der Waals surface area contributed by atoms with Crippen LogP contribution in [0.1, 0.15) is 45.7 Å². The van der Waals surface area contributed by atoms with Crippen molar-refractivity contribution in [3.05, 3.63) is 95.4 Å². The molecule has 0 unspecified atom stereocenters. The number of carbonyl (C=O) groups is 2. The van der Waals surface area contributed by atoms with E-state index < -0.39 is 32.0 Å².